The zero-order valence-electron chi connectivity index (χ0n) is 11.9. The number of hydrogen-bond acceptors (Lipinski definition) is 3. The van der Waals surface area contributed by atoms with E-state index in [1.54, 1.807) is 6.20 Å². The fourth-order valence-corrected chi connectivity index (χ4v) is 2.60. The van der Waals surface area contributed by atoms with Gasteiger partial charge in [-0.05, 0) is 47.8 Å². The van der Waals surface area contributed by atoms with Gasteiger partial charge in [0.05, 0.1) is 0 Å². The molecule has 2 rings (SSSR count). The van der Waals surface area contributed by atoms with Crippen molar-refractivity contribution >= 4 is 21.7 Å². The van der Waals surface area contributed by atoms with Crippen LogP contribution in [0.15, 0.2) is 16.7 Å². The molecule has 0 aromatic carbocycles. The maximum atomic E-state index is 12.8. The molecule has 1 aromatic heterocycles. The van der Waals surface area contributed by atoms with Crippen LogP contribution in [0.25, 0.3) is 0 Å². The number of aromatic nitrogens is 1. The van der Waals surface area contributed by atoms with E-state index in [0.717, 1.165) is 35.8 Å². The van der Waals surface area contributed by atoms with Crippen LogP contribution in [-0.4, -0.2) is 30.3 Å². The van der Waals surface area contributed by atoms with Crippen LogP contribution in [0.4, 0.5) is 19.0 Å². The highest BCUT2D eigenvalue weighted by Crippen LogP contribution is 2.35. The number of alkyl halides is 3. The molecule has 1 heterocycles. The maximum absolute atomic E-state index is 12.8. The van der Waals surface area contributed by atoms with Crippen LogP contribution < -0.4 is 10.2 Å². The Balaban J connectivity index is 2.22. The van der Waals surface area contributed by atoms with Gasteiger partial charge in [0, 0.05) is 28.8 Å². The van der Waals surface area contributed by atoms with Crippen LogP contribution in [0.3, 0.4) is 0 Å². The molecule has 118 valence electrons. The Labute approximate surface area is 131 Å². The van der Waals surface area contributed by atoms with E-state index in [1.807, 2.05) is 13.0 Å². The first-order chi connectivity index (χ1) is 9.90. The van der Waals surface area contributed by atoms with E-state index in [-0.39, 0.29) is 6.04 Å². The van der Waals surface area contributed by atoms with Crippen molar-refractivity contribution < 1.29 is 13.2 Å². The summed E-state index contributed by atoms with van der Waals surface area (Å²) in [6.07, 6.45) is -0.0766. The quantitative estimate of drug-likeness (QED) is 0.743. The molecule has 0 spiro atoms. The van der Waals surface area contributed by atoms with Gasteiger partial charge < -0.3 is 10.2 Å². The molecular formula is C14H19BrF3N3. The SMILES string of the molecule is CCCNCc1cc(Br)cnc1N(CC(F)(F)F)C1CC1. The standard InChI is InChI=1S/C14H19BrF3N3/c1-2-5-19-7-10-6-11(15)8-20-13(10)21(12-3-4-12)9-14(16,17)18/h6,8,12,19H,2-5,7,9H2,1H3. The fourth-order valence-electron chi connectivity index (χ4n) is 2.22. The predicted octanol–water partition coefficient (Wildman–Crippen LogP) is 3.87. The molecule has 1 N–H and O–H groups in total. The maximum Gasteiger partial charge on any atom is 0.405 e. The highest BCUT2D eigenvalue weighted by atomic mass is 79.9. The Kier molecular flexibility index (Phi) is 5.48. The molecule has 1 saturated carbocycles. The molecule has 0 aliphatic heterocycles. The van der Waals surface area contributed by atoms with E-state index in [9.17, 15) is 13.2 Å². The topological polar surface area (TPSA) is 28.2 Å². The van der Waals surface area contributed by atoms with E-state index in [2.05, 4.69) is 26.2 Å². The van der Waals surface area contributed by atoms with Gasteiger partial charge in [-0.1, -0.05) is 6.92 Å². The summed E-state index contributed by atoms with van der Waals surface area (Å²) in [5.74, 6) is 0.446. The molecule has 0 amide bonds. The van der Waals surface area contributed by atoms with Crippen LogP contribution in [0, 0.1) is 0 Å². The van der Waals surface area contributed by atoms with E-state index < -0.39 is 12.7 Å². The zero-order valence-corrected chi connectivity index (χ0v) is 13.5. The van der Waals surface area contributed by atoms with Gasteiger partial charge in [-0.15, -0.1) is 0 Å². The van der Waals surface area contributed by atoms with Crippen LogP contribution in [0.5, 0.6) is 0 Å². The normalized spacial score (nSPS) is 15.3. The highest BCUT2D eigenvalue weighted by molar-refractivity contribution is 9.10. The number of nitrogens with zero attached hydrogens (tertiary/aromatic N) is 2. The van der Waals surface area contributed by atoms with Crippen LogP contribution in [0.1, 0.15) is 31.7 Å². The molecule has 1 aliphatic carbocycles. The van der Waals surface area contributed by atoms with Gasteiger partial charge in [0.25, 0.3) is 0 Å². The third-order valence-corrected chi connectivity index (χ3v) is 3.69. The lowest BCUT2D eigenvalue weighted by Gasteiger charge is -2.27. The molecule has 0 unspecified atom stereocenters. The van der Waals surface area contributed by atoms with Crippen LogP contribution in [-0.2, 0) is 6.54 Å². The lowest BCUT2D eigenvalue weighted by Crippen LogP contribution is -2.37. The lowest BCUT2D eigenvalue weighted by atomic mass is 10.2. The first-order valence-corrected chi connectivity index (χ1v) is 7.88. The first-order valence-electron chi connectivity index (χ1n) is 7.09. The van der Waals surface area contributed by atoms with Crippen LogP contribution in [0.2, 0.25) is 0 Å². The van der Waals surface area contributed by atoms with Crippen molar-refractivity contribution in [2.75, 3.05) is 18.0 Å². The molecular weight excluding hydrogens is 347 g/mol. The van der Waals surface area contributed by atoms with E-state index >= 15 is 0 Å². The third-order valence-electron chi connectivity index (χ3n) is 3.26. The third kappa shape index (κ3) is 5.14. The van der Waals surface area contributed by atoms with Crippen molar-refractivity contribution in [1.29, 1.82) is 0 Å². The molecule has 0 bridgehead atoms. The Bertz CT molecular complexity index is 475. The molecule has 7 heteroatoms. The summed E-state index contributed by atoms with van der Waals surface area (Å²) in [4.78, 5) is 5.64. The van der Waals surface area contributed by atoms with Gasteiger partial charge in [-0.2, -0.15) is 13.2 Å². The second-order valence-corrected chi connectivity index (χ2v) is 6.20. The molecule has 1 aromatic rings. The Morgan fingerprint density at radius 1 is 1.43 bits per heavy atom. The van der Waals surface area contributed by atoms with Gasteiger partial charge in [0.1, 0.15) is 12.4 Å². The summed E-state index contributed by atoms with van der Waals surface area (Å²) >= 11 is 3.34. The monoisotopic (exact) mass is 365 g/mol. The molecule has 0 atom stereocenters. The van der Waals surface area contributed by atoms with Crippen molar-refractivity contribution in [3.63, 3.8) is 0 Å². The Morgan fingerprint density at radius 3 is 2.71 bits per heavy atom. The van der Waals surface area contributed by atoms with E-state index in [1.165, 1.54) is 4.90 Å². The van der Waals surface area contributed by atoms with Crippen molar-refractivity contribution in [1.82, 2.24) is 10.3 Å². The minimum Gasteiger partial charge on any atom is -0.344 e. The predicted molar refractivity (Wildman–Crippen MR) is 80.4 cm³/mol. The average molecular weight is 366 g/mol. The summed E-state index contributed by atoms with van der Waals surface area (Å²) < 4.78 is 39.2. The largest absolute Gasteiger partial charge is 0.405 e. The van der Waals surface area contributed by atoms with Crippen molar-refractivity contribution in [3.05, 3.63) is 22.3 Å². The number of nitrogens with one attached hydrogen (secondary N) is 1. The second-order valence-electron chi connectivity index (χ2n) is 5.29. The van der Waals surface area contributed by atoms with Crippen molar-refractivity contribution in [3.8, 4) is 0 Å². The number of anilines is 1. The zero-order chi connectivity index (χ0) is 15.5. The summed E-state index contributed by atoms with van der Waals surface area (Å²) in [5, 5.41) is 3.23. The molecule has 3 nitrogen and oxygen atoms in total. The molecule has 0 saturated heterocycles. The minimum atomic E-state index is -4.22. The van der Waals surface area contributed by atoms with Gasteiger partial charge in [0.15, 0.2) is 0 Å². The molecule has 0 radical (unpaired) electrons. The Hall–Kier alpha value is -0.820. The average Bonchev–Trinajstić information content (AvgIpc) is 3.20. The summed E-state index contributed by atoms with van der Waals surface area (Å²) in [7, 11) is 0. The number of hydrogen-bond donors (Lipinski definition) is 1. The van der Waals surface area contributed by atoms with E-state index in [4.69, 9.17) is 0 Å². The minimum absolute atomic E-state index is 0.0368. The van der Waals surface area contributed by atoms with Gasteiger partial charge in [-0.25, -0.2) is 4.98 Å². The smallest absolute Gasteiger partial charge is 0.344 e. The van der Waals surface area contributed by atoms with E-state index in [0.29, 0.717) is 12.4 Å². The Morgan fingerprint density at radius 2 is 2.14 bits per heavy atom. The first kappa shape index (κ1) is 16.5. The number of pyridine rings is 1. The molecule has 21 heavy (non-hydrogen) atoms. The van der Waals surface area contributed by atoms with Crippen molar-refractivity contribution in [2.24, 2.45) is 0 Å². The summed E-state index contributed by atoms with van der Waals surface area (Å²) in [6, 6.07) is 1.81. The van der Waals surface area contributed by atoms with Crippen LogP contribution >= 0.6 is 15.9 Å². The number of halogens is 4. The van der Waals surface area contributed by atoms with Gasteiger partial charge >= 0.3 is 6.18 Å². The highest BCUT2D eigenvalue weighted by Gasteiger charge is 2.39. The second kappa shape index (κ2) is 6.96. The fraction of sp³-hybridized carbons (Fsp3) is 0.643. The number of rotatable bonds is 7. The van der Waals surface area contributed by atoms with Crippen molar-refractivity contribution in [2.45, 2.75) is 44.9 Å². The summed E-state index contributed by atoms with van der Waals surface area (Å²) in [5.41, 5.74) is 0.800. The molecule has 1 fully saturated rings. The van der Waals surface area contributed by atoms with Gasteiger partial charge in [0.2, 0.25) is 0 Å². The molecule has 1 aliphatic rings. The van der Waals surface area contributed by atoms with Gasteiger partial charge in [-0.3, -0.25) is 0 Å². The summed E-state index contributed by atoms with van der Waals surface area (Å²) in [6.45, 7) is 2.46. The lowest BCUT2D eigenvalue weighted by molar-refractivity contribution is -0.120.